The fraction of sp³-hybridized carbons (Fsp3) is 0.158. The fourth-order valence-electron chi connectivity index (χ4n) is 2.44. The molecule has 3 N–H and O–H groups in total. The second kappa shape index (κ2) is 8.02. The Balaban J connectivity index is 1.88. The molecular weight excluding hydrogens is 393 g/mol. The summed E-state index contributed by atoms with van der Waals surface area (Å²) in [5.41, 5.74) is 1.70. The molecule has 1 aliphatic heterocycles. The van der Waals surface area contributed by atoms with Crippen LogP contribution in [0.2, 0.25) is 0 Å². The van der Waals surface area contributed by atoms with Gasteiger partial charge in [-0.3, -0.25) is 9.59 Å². The van der Waals surface area contributed by atoms with E-state index in [2.05, 4.69) is 12.0 Å². The number of aromatic amines is 1. The Kier molecular flexibility index (Phi) is 5.50. The molecular formula is C19H13F3N2O5. The lowest BCUT2D eigenvalue weighted by Gasteiger charge is -2.14. The molecule has 2 heterocycles. The number of rotatable bonds is 5. The molecule has 0 saturated heterocycles. The number of hydrogen-bond acceptors (Lipinski definition) is 5. The average molecular weight is 406 g/mol. The minimum absolute atomic E-state index is 0.00763. The Hall–Kier alpha value is -3.87. The number of amides is 1. The van der Waals surface area contributed by atoms with Crippen molar-refractivity contribution in [3.8, 4) is 28.9 Å². The predicted octanol–water partition coefficient (Wildman–Crippen LogP) is 2.39. The van der Waals surface area contributed by atoms with Crippen molar-refractivity contribution in [1.29, 1.82) is 0 Å². The number of carbonyl (C=O) groups excluding carboxylic acids is 1. The standard InChI is InChI=1S/C19H13F3N2O5/c20-19(21,22)16-14(8-15(17(23)25)18(26)24-16)11-2-4-12(5-3-11)29-10-13-9-27-6-1-7-28-13/h2-5,8-9H,6,10H2,(H2,23,25)(H,24,26). The highest BCUT2D eigenvalue weighted by Gasteiger charge is 2.36. The summed E-state index contributed by atoms with van der Waals surface area (Å²) in [6.07, 6.45) is -1.10. The number of primary amides is 1. The van der Waals surface area contributed by atoms with Crippen LogP contribution < -0.4 is 16.0 Å². The SMILES string of the molecule is NC(=O)c1cc(-c2ccc(OCC3=COCC#CO3)cc2)c(C(F)(F)F)[nH]c1=O. The first-order valence-corrected chi connectivity index (χ1v) is 8.08. The number of halogens is 3. The maximum atomic E-state index is 13.3. The van der Waals surface area contributed by atoms with Crippen LogP contribution in [0.3, 0.4) is 0 Å². The van der Waals surface area contributed by atoms with Gasteiger partial charge in [0.1, 0.15) is 29.4 Å². The van der Waals surface area contributed by atoms with Crippen LogP contribution in [0.25, 0.3) is 11.1 Å². The van der Waals surface area contributed by atoms with Gasteiger partial charge < -0.3 is 24.9 Å². The highest BCUT2D eigenvalue weighted by Crippen LogP contribution is 2.35. The zero-order valence-corrected chi connectivity index (χ0v) is 14.6. The van der Waals surface area contributed by atoms with Gasteiger partial charge in [-0.15, -0.1) is 0 Å². The first-order valence-electron chi connectivity index (χ1n) is 8.08. The molecule has 0 radical (unpaired) electrons. The summed E-state index contributed by atoms with van der Waals surface area (Å²) in [7, 11) is 0. The highest BCUT2D eigenvalue weighted by molar-refractivity contribution is 5.94. The molecule has 3 rings (SSSR count). The summed E-state index contributed by atoms with van der Waals surface area (Å²) in [6, 6.07) is 6.37. The van der Waals surface area contributed by atoms with Gasteiger partial charge in [0.25, 0.3) is 11.5 Å². The van der Waals surface area contributed by atoms with Crippen molar-refractivity contribution in [3.05, 3.63) is 64.0 Å². The Morgan fingerprint density at radius 3 is 2.66 bits per heavy atom. The van der Waals surface area contributed by atoms with Gasteiger partial charge in [0.05, 0.1) is 0 Å². The van der Waals surface area contributed by atoms with Gasteiger partial charge in [0, 0.05) is 5.56 Å². The smallest absolute Gasteiger partial charge is 0.431 e. The van der Waals surface area contributed by atoms with Crippen LogP contribution in [0.4, 0.5) is 13.2 Å². The van der Waals surface area contributed by atoms with Crippen LogP contribution in [0, 0.1) is 12.0 Å². The summed E-state index contributed by atoms with van der Waals surface area (Å²) < 4.78 is 55.6. The molecule has 1 amide bonds. The zero-order chi connectivity index (χ0) is 21.0. The molecule has 7 nitrogen and oxygen atoms in total. The third-order valence-corrected chi connectivity index (χ3v) is 3.76. The quantitative estimate of drug-likeness (QED) is 0.743. The number of nitrogens with two attached hydrogens (primary N) is 1. The largest absolute Gasteiger partial charge is 0.485 e. The molecule has 10 heteroatoms. The van der Waals surface area contributed by atoms with E-state index in [0.29, 0.717) is 11.5 Å². The topological polar surface area (TPSA) is 104 Å². The van der Waals surface area contributed by atoms with Gasteiger partial charge in [-0.05, 0) is 29.7 Å². The molecule has 0 fully saturated rings. The van der Waals surface area contributed by atoms with E-state index in [1.165, 1.54) is 30.5 Å². The summed E-state index contributed by atoms with van der Waals surface area (Å²) >= 11 is 0. The Morgan fingerprint density at radius 1 is 1.28 bits per heavy atom. The van der Waals surface area contributed by atoms with E-state index in [1.54, 1.807) is 4.98 Å². The number of ether oxygens (including phenoxy) is 3. The molecule has 0 bridgehead atoms. The molecule has 0 atom stereocenters. The van der Waals surface area contributed by atoms with Crippen molar-refractivity contribution in [2.75, 3.05) is 13.2 Å². The number of nitrogens with one attached hydrogen (secondary N) is 1. The van der Waals surface area contributed by atoms with Crippen molar-refractivity contribution in [1.82, 2.24) is 4.98 Å². The van der Waals surface area contributed by atoms with Gasteiger partial charge in [-0.25, -0.2) is 0 Å². The van der Waals surface area contributed by atoms with Crippen molar-refractivity contribution >= 4 is 5.91 Å². The Labute approximate surface area is 161 Å². The van der Waals surface area contributed by atoms with E-state index in [4.69, 9.17) is 19.9 Å². The monoisotopic (exact) mass is 406 g/mol. The lowest BCUT2D eigenvalue weighted by Crippen LogP contribution is -2.27. The van der Waals surface area contributed by atoms with E-state index in [-0.39, 0.29) is 18.8 Å². The maximum absolute atomic E-state index is 13.3. The molecule has 2 aromatic rings. The third kappa shape index (κ3) is 4.70. The normalized spacial score (nSPS) is 13.1. The molecule has 150 valence electrons. The molecule has 1 aliphatic rings. The van der Waals surface area contributed by atoms with Crippen molar-refractivity contribution < 1.29 is 32.2 Å². The van der Waals surface area contributed by atoms with Crippen molar-refractivity contribution in [2.24, 2.45) is 5.73 Å². The van der Waals surface area contributed by atoms with Crippen LogP contribution in [0.15, 0.2) is 47.1 Å². The second-order valence-electron chi connectivity index (χ2n) is 5.75. The van der Waals surface area contributed by atoms with Crippen molar-refractivity contribution in [3.63, 3.8) is 0 Å². The van der Waals surface area contributed by atoms with E-state index in [1.807, 2.05) is 0 Å². The molecule has 0 saturated carbocycles. The number of carbonyl (C=O) groups is 1. The van der Waals surface area contributed by atoms with Crippen LogP contribution in [0.5, 0.6) is 5.75 Å². The maximum Gasteiger partial charge on any atom is 0.431 e. The van der Waals surface area contributed by atoms with Crippen LogP contribution in [-0.4, -0.2) is 24.1 Å². The number of H-pyrrole nitrogens is 1. The first kappa shape index (κ1) is 19.9. The molecule has 1 aromatic carbocycles. The van der Waals surface area contributed by atoms with E-state index < -0.39 is 34.5 Å². The van der Waals surface area contributed by atoms with E-state index in [0.717, 1.165) is 6.07 Å². The van der Waals surface area contributed by atoms with Gasteiger partial charge in [-0.2, -0.15) is 13.2 Å². The van der Waals surface area contributed by atoms with Crippen LogP contribution in [0.1, 0.15) is 16.1 Å². The van der Waals surface area contributed by atoms with E-state index in [9.17, 15) is 22.8 Å². The number of aromatic nitrogens is 1. The summed E-state index contributed by atoms with van der Waals surface area (Å²) in [6.45, 7) is 0.179. The summed E-state index contributed by atoms with van der Waals surface area (Å²) in [5.74, 6) is 2.11. The molecule has 0 spiro atoms. The Bertz CT molecular complexity index is 1080. The first-order chi connectivity index (χ1) is 13.8. The average Bonchev–Trinajstić information content (AvgIpc) is 2.94. The molecule has 0 aliphatic carbocycles. The van der Waals surface area contributed by atoms with E-state index >= 15 is 0 Å². The number of hydrogen-bond donors (Lipinski definition) is 2. The third-order valence-electron chi connectivity index (χ3n) is 3.76. The molecule has 0 unspecified atom stereocenters. The van der Waals surface area contributed by atoms with Gasteiger partial charge >= 0.3 is 6.18 Å². The molecule has 29 heavy (non-hydrogen) atoms. The number of benzene rings is 1. The minimum atomic E-state index is -4.84. The van der Waals surface area contributed by atoms with Gasteiger partial charge in [0.15, 0.2) is 19.0 Å². The molecule has 1 aromatic heterocycles. The second-order valence-corrected chi connectivity index (χ2v) is 5.75. The fourth-order valence-corrected chi connectivity index (χ4v) is 2.44. The summed E-state index contributed by atoms with van der Waals surface area (Å²) in [5, 5.41) is 0. The lowest BCUT2D eigenvalue weighted by atomic mass is 10.0. The van der Waals surface area contributed by atoms with Crippen LogP contribution in [-0.2, 0) is 15.7 Å². The van der Waals surface area contributed by atoms with Gasteiger partial charge in [0.2, 0.25) is 0 Å². The lowest BCUT2D eigenvalue weighted by molar-refractivity contribution is -0.140. The minimum Gasteiger partial charge on any atom is -0.485 e. The number of pyridine rings is 1. The van der Waals surface area contributed by atoms with Crippen molar-refractivity contribution in [2.45, 2.75) is 6.18 Å². The van der Waals surface area contributed by atoms with Crippen LogP contribution >= 0.6 is 0 Å². The Morgan fingerprint density at radius 2 is 2.00 bits per heavy atom. The predicted molar refractivity (Wildman–Crippen MR) is 94.4 cm³/mol. The number of alkyl halides is 3. The summed E-state index contributed by atoms with van der Waals surface area (Å²) in [4.78, 5) is 24.7. The highest BCUT2D eigenvalue weighted by atomic mass is 19.4. The zero-order valence-electron chi connectivity index (χ0n) is 14.6. The van der Waals surface area contributed by atoms with Gasteiger partial charge in [-0.1, -0.05) is 12.1 Å².